The van der Waals surface area contributed by atoms with E-state index in [1.165, 1.54) is 17.9 Å². The normalized spacial score (nSPS) is 17.4. The molecule has 1 aliphatic carbocycles. The molecule has 11 heteroatoms. The SMILES string of the molecule is COC(=O)CN(c1ccc2cnc(Nc3ccc(-n4ccc(CO)n4)cc3F)cc2n1)C1CCC(O)CC1. The summed E-state index contributed by atoms with van der Waals surface area (Å²) in [6.07, 6.45) is 5.82. The van der Waals surface area contributed by atoms with E-state index in [0.717, 1.165) is 18.2 Å². The fraction of sp³-hybridized carbons (Fsp3) is 0.333. The number of pyridine rings is 2. The first-order valence-corrected chi connectivity index (χ1v) is 12.4. The van der Waals surface area contributed by atoms with Crippen LogP contribution in [0.3, 0.4) is 0 Å². The molecule has 0 atom stereocenters. The Labute approximate surface area is 218 Å². The molecule has 0 aliphatic heterocycles. The number of methoxy groups -OCH3 is 1. The molecule has 3 N–H and O–H groups in total. The Morgan fingerprint density at radius 3 is 2.71 bits per heavy atom. The number of aliphatic hydroxyl groups is 2. The Balaban J connectivity index is 1.39. The van der Waals surface area contributed by atoms with Crippen molar-refractivity contribution in [1.82, 2.24) is 19.7 Å². The van der Waals surface area contributed by atoms with E-state index in [1.54, 1.807) is 36.7 Å². The van der Waals surface area contributed by atoms with E-state index in [0.29, 0.717) is 41.4 Å². The molecule has 38 heavy (non-hydrogen) atoms. The predicted octanol–water partition coefficient (Wildman–Crippen LogP) is 3.47. The lowest BCUT2D eigenvalue weighted by Gasteiger charge is -2.36. The molecule has 3 aromatic heterocycles. The molecule has 0 radical (unpaired) electrons. The highest BCUT2D eigenvalue weighted by molar-refractivity contribution is 5.83. The lowest BCUT2D eigenvalue weighted by Crippen LogP contribution is -2.43. The first kappa shape index (κ1) is 25.6. The van der Waals surface area contributed by atoms with Gasteiger partial charge in [-0.3, -0.25) is 4.79 Å². The fourth-order valence-electron chi connectivity index (χ4n) is 4.68. The first-order valence-electron chi connectivity index (χ1n) is 12.4. The third kappa shape index (κ3) is 5.58. The molecule has 10 nitrogen and oxygen atoms in total. The van der Waals surface area contributed by atoms with E-state index >= 15 is 0 Å². The van der Waals surface area contributed by atoms with Crippen LogP contribution < -0.4 is 10.2 Å². The highest BCUT2D eigenvalue weighted by Crippen LogP contribution is 2.29. The van der Waals surface area contributed by atoms with Crippen LogP contribution in [-0.2, 0) is 16.1 Å². The van der Waals surface area contributed by atoms with Crippen LogP contribution in [0.15, 0.2) is 54.9 Å². The van der Waals surface area contributed by atoms with Gasteiger partial charge in [0, 0.05) is 36.0 Å². The monoisotopic (exact) mass is 520 g/mol. The van der Waals surface area contributed by atoms with Gasteiger partial charge in [0.15, 0.2) is 0 Å². The number of aliphatic hydroxyl groups excluding tert-OH is 2. The summed E-state index contributed by atoms with van der Waals surface area (Å²) in [4.78, 5) is 23.3. The van der Waals surface area contributed by atoms with Crippen LogP contribution in [0.25, 0.3) is 16.6 Å². The minimum absolute atomic E-state index is 0.0535. The molecular weight excluding hydrogens is 491 g/mol. The quantitative estimate of drug-likeness (QED) is 0.299. The predicted molar refractivity (Wildman–Crippen MR) is 140 cm³/mol. The lowest BCUT2D eigenvalue weighted by atomic mass is 9.92. The summed E-state index contributed by atoms with van der Waals surface area (Å²) >= 11 is 0. The zero-order valence-corrected chi connectivity index (χ0v) is 20.9. The number of anilines is 3. The molecule has 0 bridgehead atoms. The van der Waals surface area contributed by atoms with Crippen molar-refractivity contribution in [3.05, 3.63) is 66.4 Å². The molecule has 5 rings (SSSR count). The van der Waals surface area contributed by atoms with E-state index < -0.39 is 5.82 Å². The van der Waals surface area contributed by atoms with Crippen LogP contribution in [0.5, 0.6) is 0 Å². The number of rotatable bonds is 8. The maximum absolute atomic E-state index is 14.9. The van der Waals surface area contributed by atoms with Crippen molar-refractivity contribution in [3.63, 3.8) is 0 Å². The molecule has 0 unspecified atom stereocenters. The highest BCUT2D eigenvalue weighted by Gasteiger charge is 2.27. The molecular formula is C27H29FN6O4. The minimum Gasteiger partial charge on any atom is -0.468 e. The first-order chi connectivity index (χ1) is 18.4. The van der Waals surface area contributed by atoms with Gasteiger partial charge >= 0.3 is 5.97 Å². The Hall–Kier alpha value is -4.09. The second kappa shape index (κ2) is 11.1. The van der Waals surface area contributed by atoms with E-state index in [2.05, 4.69) is 15.4 Å². The van der Waals surface area contributed by atoms with Gasteiger partial charge in [-0.1, -0.05) is 0 Å². The van der Waals surface area contributed by atoms with Crippen molar-refractivity contribution < 1.29 is 24.1 Å². The summed E-state index contributed by atoms with van der Waals surface area (Å²) in [5.74, 6) is 0.182. The second-order valence-corrected chi connectivity index (χ2v) is 9.30. The van der Waals surface area contributed by atoms with Gasteiger partial charge < -0.3 is 25.2 Å². The number of halogens is 1. The van der Waals surface area contributed by atoms with E-state index in [1.807, 2.05) is 17.0 Å². The maximum atomic E-state index is 14.9. The smallest absolute Gasteiger partial charge is 0.325 e. The number of esters is 1. The standard InChI is InChI=1S/C27H29FN6O4/c1-38-27(37)15-33(19-3-6-21(36)7-4-19)26-9-2-17-14-29-25(13-24(17)31-26)30-23-8-5-20(12-22(23)28)34-11-10-18(16-35)32-34/h2,5,8-14,19,21,35-36H,3-4,6-7,15-16H2,1H3,(H,29,30). The van der Waals surface area contributed by atoms with Crippen LogP contribution in [0.4, 0.5) is 21.7 Å². The van der Waals surface area contributed by atoms with Gasteiger partial charge in [-0.25, -0.2) is 19.0 Å². The Morgan fingerprint density at radius 1 is 1.18 bits per heavy atom. The molecule has 0 spiro atoms. The number of aromatic nitrogens is 4. The summed E-state index contributed by atoms with van der Waals surface area (Å²) in [7, 11) is 1.36. The number of ether oxygens (including phenoxy) is 1. The number of nitrogens with one attached hydrogen (secondary N) is 1. The number of fused-ring (bicyclic) bond motifs is 1. The minimum atomic E-state index is -0.490. The summed E-state index contributed by atoms with van der Waals surface area (Å²) < 4.78 is 21.3. The number of hydrogen-bond acceptors (Lipinski definition) is 9. The van der Waals surface area contributed by atoms with E-state index in [-0.39, 0.29) is 37.0 Å². The molecule has 198 valence electrons. The Kier molecular flexibility index (Phi) is 7.47. The number of carbonyl (C=O) groups excluding carboxylic acids is 1. The van der Waals surface area contributed by atoms with Crippen molar-refractivity contribution in [2.24, 2.45) is 0 Å². The van der Waals surface area contributed by atoms with Crippen LogP contribution in [0, 0.1) is 5.82 Å². The number of benzene rings is 1. The molecule has 0 amide bonds. The average Bonchev–Trinajstić information content (AvgIpc) is 3.42. The summed E-state index contributed by atoms with van der Waals surface area (Å²) in [5.41, 5.74) is 1.88. The average molecular weight is 521 g/mol. The highest BCUT2D eigenvalue weighted by atomic mass is 19.1. The Morgan fingerprint density at radius 2 is 2.00 bits per heavy atom. The topological polar surface area (TPSA) is 126 Å². The van der Waals surface area contributed by atoms with Crippen molar-refractivity contribution in [2.75, 3.05) is 23.9 Å². The maximum Gasteiger partial charge on any atom is 0.325 e. The molecule has 1 aliphatic rings. The lowest BCUT2D eigenvalue weighted by molar-refractivity contribution is -0.139. The largest absolute Gasteiger partial charge is 0.468 e. The fourth-order valence-corrected chi connectivity index (χ4v) is 4.68. The second-order valence-electron chi connectivity index (χ2n) is 9.30. The molecule has 0 saturated heterocycles. The van der Waals surface area contributed by atoms with Gasteiger partial charge in [0.2, 0.25) is 0 Å². The van der Waals surface area contributed by atoms with Crippen LogP contribution in [-0.4, -0.2) is 61.7 Å². The third-order valence-electron chi connectivity index (χ3n) is 6.77. The summed E-state index contributed by atoms with van der Waals surface area (Å²) in [6.45, 7) is -0.137. The number of nitrogens with zero attached hydrogens (tertiary/aromatic N) is 5. The number of hydrogen-bond donors (Lipinski definition) is 3. The van der Waals surface area contributed by atoms with Crippen LogP contribution >= 0.6 is 0 Å². The molecule has 1 saturated carbocycles. The van der Waals surface area contributed by atoms with E-state index in [9.17, 15) is 19.4 Å². The van der Waals surface area contributed by atoms with Crippen molar-refractivity contribution in [2.45, 2.75) is 44.4 Å². The van der Waals surface area contributed by atoms with Gasteiger partial charge in [-0.05, 0) is 56.0 Å². The zero-order valence-electron chi connectivity index (χ0n) is 20.9. The molecule has 1 aromatic carbocycles. The summed E-state index contributed by atoms with van der Waals surface area (Å²) in [6, 6.07) is 11.8. The van der Waals surface area contributed by atoms with Crippen LogP contribution in [0.2, 0.25) is 0 Å². The van der Waals surface area contributed by atoms with Gasteiger partial charge in [0.1, 0.15) is 24.0 Å². The van der Waals surface area contributed by atoms with Crippen molar-refractivity contribution in [1.29, 1.82) is 0 Å². The van der Waals surface area contributed by atoms with Crippen LogP contribution in [0.1, 0.15) is 31.4 Å². The number of carbonyl (C=O) groups is 1. The third-order valence-corrected chi connectivity index (χ3v) is 6.77. The van der Waals surface area contributed by atoms with Gasteiger partial charge in [0.05, 0.1) is 42.4 Å². The van der Waals surface area contributed by atoms with Gasteiger partial charge in [-0.15, -0.1) is 0 Å². The van der Waals surface area contributed by atoms with E-state index in [4.69, 9.17) is 9.72 Å². The van der Waals surface area contributed by atoms with Crippen molar-refractivity contribution in [3.8, 4) is 5.69 Å². The molecule has 1 fully saturated rings. The van der Waals surface area contributed by atoms with Gasteiger partial charge in [0.25, 0.3) is 0 Å². The molecule has 4 aromatic rings. The zero-order chi connectivity index (χ0) is 26.6. The van der Waals surface area contributed by atoms with Gasteiger partial charge in [-0.2, -0.15) is 5.10 Å². The Bertz CT molecular complexity index is 1440. The molecule has 3 heterocycles. The summed E-state index contributed by atoms with van der Waals surface area (Å²) in [5, 5.41) is 27.1. The van der Waals surface area contributed by atoms with Crippen molar-refractivity contribution >= 4 is 34.2 Å².